The van der Waals surface area contributed by atoms with Crippen molar-refractivity contribution in [3.05, 3.63) is 48.0 Å². The number of carbonyl (C=O) groups excluding carboxylic acids is 1. The lowest BCUT2D eigenvalue weighted by molar-refractivity contribution is -0.113. The van der Waals surface area contributed by atoms with Gasteiger partial charge in [-0.15, -0.1) is 0 Å². The predicted octanol–water partition coefficient (Wildman–Crippen LogP) is 4.03. The Kier molecular flexibility index (Phi) is 6.78. The highest BCUT2D eigenvalue weighted by molar-refractivity contribution is 7.99. The van der Waals surface area contributed by atoms with Gasteiger partial charge in [0.05, 0.1) is 21.2 Å². The highest BCUT2D eigenvalue weighted by Crippen LogP contribution is 2.34. The van der Waals surface area contributed by atoms with Crippen LogP contribution in [0.25, 0.3) is 10.9 Å². The van der Waals surface area contributed by atoms with Crippen LogP contribution in [0.2, 0.25) is 0 Å². The normalized spacial score (nSPS) is 13.0. The van der Waals surface area contributed by atoms with Gasteiger partial charge in [0.2, 0.25) is 22.7 Å². The number of anilines is 1. The summed E-state index contributed by atoms with van der Waals surface area (Å²) in [5.41, 5.74) is 2.22. The SMILES string of the molecule is CCN(CC)S(=O)(=O)c1ccc2nc(SCC(=O)Nc3ccc4c(c3)OCO4)cc(C)c2c1. The van der Waals surface area contributed by atoms with Crippen LogP contribution >= 0.6 is 11.8 Å². The van der Waals surface area contributed by atoms with Gasteiger partial charge < -0.3 is 14.8 Å². The van der Waals surface area contributed by atoms with E-state index in [0.717, 1.165) is 10.9 Å². The van der Waals surface area contributed by atoms with E-state index in [1.54, 1.807) is 36.4 Å². The van der Waals surface area contributed by atoms with Gasteiger partial charge in [-0.05, 0) is 48.9 Å². The minimum atomic E-state index is -3.54. The summed E-state index contributed by atoms with van der Waals surface area (Å²) < 4.78 is 37.7. The van der Waals surface area contributed by atoms with Crippen LogP contribution < -0.4 is 14.8 Å². The number of nitrogens with zero attached hydrogens (tertiary/aromatic N) is 2. The number of ether oxygens (including phenoxy) is 2. The van der Waals surface area contributed by atoms with Crippen molar-refractivity contribution in [2.75, 3.05) is 31.0 Å². The van der Waals surface area contributed by atoms with Gasteiger partial charge >= 0.3 is 0 Å². The highest BCUT2D eigenvalue weighted by Gasteiger charge is 2.22. The number of sulfonamides is 1. The molecule has 0 aliphatic carbocycles. The summed E-state index contributed by atoms with van der Waals surface area (Å²) in [6, 6.07) is 12.1. The van der Waals surface area contributed by atoms with E-state index in [1.807, 2.05) is 26.8 Å². The molecule has 1 aliphatic heterocycles. The van der Waals surface area contributed by atoms with Crippen LogP contribution in [0.4, 0.5) is 5.69 Å². The molecule has 33 heavy (non-hydrogen) atoms. The van der Waals surface area contributed by atoms with E-state index in [1.165, 1.54) is 16.1 Å². The van der Waals surface area contributed by atoms with Crippen molar-refractivity contribution in [1.82, 2.24) is 9.29 Å². The quantitative estimate of drug-likeness (QED) is 0.479. The lowest BCUT2D eigenvalue weighted by atomic mass is 10.1. The molecule has 0 atom stereocenters. The number of hydrogen-bond donors (Lipinski definition) is 1. The minimum Gasteiger partial charge on any atom is -0.454 e. The summed E-state index contributed by atoms with van der Waals surface area (Å²) in [7, 11) is -3.54. The van der Waals surface area contributed by atoms with Gasteiger partial charge in [0.15, 0.2) is 11.5 Å². The number of rotatable bonds is 8. The molecule has 4 rings (SSSR count). The van der Waals surface area contributed by atoms with Crippen molar-refractivity contribution < 1.29 is 22.7 Å². The molecule has 1 N–H and O–H groups in total. The van der Waals surface area contributed by atoms with Crippen molar-refractivity contribution in [3.8, 4) is 11.5 Å². The van der Waals surface area contributed by atoms with Gasteiger partial charge in [0.1, 0.15) is 0 Å². The van der Waals surface area contributed by atoms with Crippen molar-refractivity contribution in [2.24, 2.45) is 0 Å². The predicted molar refractivity (Wildman–Crippen MR) is 129 cm³/mol. The Bertz CT molecular complexity index is 1310. The average molecular weight is 488 g/mol. The van der Waals surface area contributed by atoms with Gasteiger partial charge in [-0.2, -0.15) is 4.31 Å². The molecule has 0 unspecified atom stereocenters. The fourth-order valence-electron chi connectivity index (χ4n) is 3.60. The van der Waals surface area contributed by atoms with E-state index in [-0.39, 0.29) is 23.3 Å². The summed E-state index contributed by atoms with van der Waals surface area (Å²) in [5, 5.41) is 4.31. The van der Waals surface area contributed by atoms with Crippen LogP contribution in [0, 0.1) is 6.92 Å². The molecule has 0 spiro atoms. The molecule has 1 aromatic heterocycles. The standard InChI is InChI=1S/C23H25N3O5S2/c1-4-26(5-2)33(28,29)17-7-8-19-18(12-17)15(3)10-23(25-19)32-13-22(27)24-16-6-9-20-21(11-16)31-14-30-20/h6-12H,4-5,13-14H2,1-3H3,(H,24,27). The first-order valence-electron chi connectivity index (χ1n) is 10.6. The first-order valence-corrected chi connectivity index (χ1v) is 13.0. The zero-order valence-corrected chi connectivity index (χ0v) is 20.3. The molecule has 3 aromatic rings. The number of pyridine rings is 1. The third-order valence-corrected chi connectivity index (χ3v) is 8.27. The summed E-state index contributed by atoms with van der Waals surface area (Å²) in [6.45, 7) is 6.56. The van der Waals surface area contributed by atoms with E-state index in [4.69, 9.17) is 9.47 Å². The third-order valence-electron chi connectivity index (χ3n) is 5.31. The maximum atomic E-state index is 12.8. The smallest absolute Gasteiger partial charge is 0.243 e. The zero-order chi connectivity index (χ0) is 23.6. The van der Waals surface area contributed by atoms with Crippen LogP contribution in [0.15, 0.2) is 52.4 Å². The molecule has 0 saturated carbocycles. The molecule has 0 radical (unpaired) electrons. The number of thioether (sulfide) groups is 1. The summed E-state index contributed by atoms with van der Waals surface area (Å²) in [5.74, 6) is 1.28. The highest BCUT2D eigenvalue weighted by atomic mass is 32.2. The molecule has 10 heteroatoms. The summed E-state index contributed by atoms with van der Waals surface area (Å²) >= 11 is 1.32. The number of aryl methyl sites for hydroxylation is 1. The van der Waals surface area contributed by atoms with E-state index in [9.17, 15) is 13.2 Å². The van der Waals surface area contributed by atoms with Gasteiger partial charge in [-0.25, -0.2) is 13.4 Å². The number of aromatic nitrogens is 1. The molecule has 0 bridgehead atoms. The van der Waals surface area contributed by atoms with E-state index in [0.29, 0.717) is 40.8 Å². The third kappa shape index (κ3) is 4.92. The van der Waals surface area contributed by atoms with E-state index >= 15 is 0 Å². The second-order valence-electron chi connectivity index (χ2n) is 7.45. The number of benzene rings is 2. The minimum absolute atomic E-state index is 0.168. The van der Waals surface area contributed by atoms with Crippen LogP contribution in [0.1, 0.15) is 19.4 Å². The average Bonchev–Trinajstić information content (AvgIpc) is 3.26. The number of fused-ring (bicyclic) bond motifs is 2. The summed E-state index contributed by atoms with van der Waals surface area (Å²) in [4.78, 5) is 17.3. The molecule has 2 heterocycles. The number of hydrogen-bond acceptors (Lipinski definition) is 7. The molecular weight excluding hydrogens is 462 g/mol. The number of nitrogens with one attached hydrogen (secondary N) is 1. The van der Waals surface area contributed by atoms with E-state index < -0.39 is 10.0 Å². The zero-order valence-electron chi connectivity index (χ0n) is 18.6. The molecule has 8 nitrogen and oxygen atoms in total. The first kappa shape index (κ1) is 23.3. The lowest BCUT2D eigenvalue weighted by Gasteiger charge is -2.19. The summed E-state index contributed by atoms with van der Waals surface area (Å²) in [6.07, 6.45) is 0. The second-order valence-corrected chi connectivity index (χ2v) is 10.4. The molecule has 0 fully saturated rings. The van der Waals surface area contributed by atoms with Crippen LogP contribution in [-0.4, -0.2) is 49.2 Å². The van der Waals surface area contributed by atoms with Crippen molar-refractivity contribution >= 4 is 44.3 Å². The Balaban J connectivity index is 1.47. The Hall–Kier alpha value is -2.82. The lowest BCUT2D eigenvalue weighted by Crippen LogP contribution is -2.30. The fourth-order valence-corrected chi connectivity index (χ4v) is 5.86. The Morgan fingerprint density at radius 1 is 1.09 bits per heavy atom. The molecule has 2 aromatic carbocycles. The van der Waals surface area contributed by atoms with Crippen LogP contribution in [0.5, 0.6) is 11.5 Å². The maximum Gasteiger partial charge on any atom is 0.243 e. The maximum absolute atomic E-state index is 12.8. The molecular formula is C23H25N3O5S2. The number of carbonyl (C=O) groups is 1. The van der Waals surface area contributed by atoms with Crippen molar-refractivity contribution in [2.45, 2.75) is 30.7 Å². The molecule has 1 amide bonds. The fraction of sp³-hybridized carbons (Fsp3) is 0.304. The Morgan fingerprint density at radius 2 is 1.85 bits per heavy atom. The molecule has 174 valence electrons. The van der Waals surface area contributed by atoms with Crippen molar-refractivity contribution in [3.63, 3.8) is 0 Å². The monoisotopic (exact) mass is 487 g/mol. The molecule has 1 aliphatic rings. The van der Waals surface area contributed by atoms with Gasteiger partial charge in [-0.3, -0.25) is 4.79 Å². The van der Waals surface area contributed by atoms with Crippen LogP contribution in [-0.2, 0) is 14.8 Å². The van der Waals surface area contributed by atoms with Crippen LogP contribution in [0.3, 0.4) is 0 Å². The Labute approximate surface area is 197 Å². The largest absolute Gasteiger partial charge is 0.454 e. The topological polar surface area (TPSA) is 97.8 Å². The van der Waals surface area contributed by atoms with E-state index in [2.05, 4.69) is 10.3 Å². The Morgan fingerprint density at radius 3 is 2.61 bits per heavy atom. The van der Waals surface area contributed by atoms with Gasteiger partial charge in [0.25, 0.3) is 0 Å². The molecule has 0 saturated heterocycles. The van der Waals surface area contributed by atoms with Gasteiger partial charge in [-0.1, -0.05) is 25.6 Å². The number of amides is 1. The first-order chi connectivity index (χ1) is 15.8. The van der Waals surface area contributed by atoms with Crippen molar-refractivity contribution in [1.29, 1.82) is 0 Å². The second kappa shape index (κ2) is 9.58. The van der Waals surface area contributed by atoms with Gasteiger partial charge in [0, 0.05) is 30.2 Å².